The molecule has 0 saturated carbocycles. The number of benzene rings is 1. The van der Waals surface area contributed by atoms with E-state index in [4.69, 9.17) is 4.74 Å². The summed E-state index contributed by atoms with van der Waals surface area (Å²) in [5.41, 5.74) is 1.44. The van der Waals surface area contributed by atoms with Gasteiger partial charge in [-0.3, -0.25) is 4.79 Å². The molecule has 0 aliphatic carbocycles. The first-order valence-electron chi connectivity index (χ1n) is 12.5. The molecule has 2 atom stereocenters. The number of nitrogens with one attached hydrogen (secondary N) is 1. The van der Waals surface area contributed by atoms with Crippen molar-refractivity contribution in [3.8, 4) is 11.3 Å². The molecule has 0 spiro atoms. The molecule has 9 nitrogen and oxygen atoms in total. The highest BCUT2D eigenvalue weighted by Crippen LogP contribution is 2.30. The average molecular weight is 522 g/mol. The Kier molecular flexibility index (Phi) is 6.78. The minimum atomic E-state index is -0.690. The van der Waals surface area contributed by atoms with Crippen LogP contribution in [0.1, 0.15) is 49.9 Å². The molecule has 38 heavy (non-hydrogen) atoms. The van der Waals surface area contributed by atoms with Gasteiger partial charge in [0, 0.05) is 30.9 Å². The molecule has 198 valence electrons. The molecule has 11 heteroatoms. The number of rotatable bonds is 5. The third-order valence-electron chi connectivity index (χ3n) is 6.42. The van der Waals surface area contributed by atoms with Crippen LogP contribution in [0.3, 0.4) is 0 Å². The van der Waals surface area contributed by atoms with Gasteiger partial charge in [-0.15, -0.1) is 0 Å². The van der Waals surface area contributed by atoms with Crippen LogP contribution >= 0.6 is 0 Å². The summed E-state index contributed by atoms with van der Waals surface area (Å²) < 4.78 is 37.3. The second-order valence-electron chi connectivity index (χ2n) is 9.86. The highest BCUT2D eigenvalue weighted by atomic mass is 19.1. The van der Waals surface area contributed by atoms with Crippen LogP contribution < -0.4 is 5.32 Å². The number of halogens is 2. The summed E-state index contributed by atoms with van der Waals surface area (Å²) in [5, 5.41) is 2.93. The van der Waals surface area contributed by atoms with Gasteiger partial charge in [0.25, 0.3) is 5.91 Å². The Morgan fingerprint density at radius 2 is 1.79 bits per heavy atom. The van der Waals surface area contributed by atoms with Crippen molar-refractivity contribution in [3.05, 3.63) is 59.7 Å². The van der Waals surface area contributed by atoms with Crippen LogP contribution in [0.2, 0.25) is 0 Å². The fraction of sp³-hybridized carbons (Fsp3) is 0.370. The number of imidazole rings is 1. The minimum absolute atomic E-state index is 0.0365. The number of carbonyl (C=O) groups excluding carboxylic acids is 1. The van der Waals surface area contributed by atoms with Gasteiger partial charge >= 0.3 is 0 Å². The van der Waals surface area contributed by atoms with Crippen molar-refractivity contribution in [1.82, 2.24) is 29.4 Å². The third-order valence-corrected chi connectivity index (χ3v) is 6.42. The standard InChI is InChI=1S/C27H29F2N7O2/c1-14(2)36-17(5)32-25-20(28)8-19(9-22(25)36)24-21(29)11-31-27(34-24)33-23-7-6-18(10-30-23)26(37)35-12-15(3)38-16(4)13-35/h6-11,14-16H,12-13H2,1-5H3,(H,30,31,33,34). The number of morpholine rings is 1. The van der Waals surface area contributed by atoms with E-state index in [-0.39, 0.29) is 46.9 Å². The molecule has 2 unspecified atom stereocenters. The summed E-state index contributed by atoms with van der Waals surface area (Å²) in [4.78, 5) is 31.6. The second-order valence-corrected chi connectivity index (χ2v) is 9.86. The topological polar surface area (TPSA) is 98.1 Å². The molecule has 4 heterocycles. The number of pyridine rings is 1. The maximum absolute atomic E-state index is 14.9. The minimum Gasteiger partial charge on any atom is -0.372 e. The van der Waals surface area contributed by atoms with Gasteiger partial charge in [-0.1, -0.05) is 0 Å². The number of ether oxygens (including phenoxy) is 1. The fourth-order valence-electron chi connectivity index (χ4n) is 4.92. The number of fused-ring (bicyclic) bond motifs is 1. The lowest BCUT2D eigenvalue weighted by Gasteiger charge is -2.35. The molecule has 1 saturated heterocycles. The molecular formula is C27H29F2N7O2. The summed E-state index contributed by atoms with van der Waals surface area (Å²) in [6.45, 7) is 10.6. The Morgan fingerprint density at radius 3 is 2.45 bits per heavy atom. The molecule has 3 aromatic heterocycles. The summed E-state index contributed by atoms with van der Waals surface area (Å²) in [5.74, 6) is -0.249. The number of hydrogen-bond donors (Lipinski definition) is 1. The van der Waals surface area contributed by atoms with Crippen molar-refractivity contribution in [3.63, 3.8) is 0 Å². The Hall–Kier alpha value is -3.99. The van der Waals surface area contributed by atoms with Gasteiger partial charge in [-0.25, -0.2) is 28.7 Å². The maximum atomic E-state index is 14.9. The van der Waals surface area contributed by atoms with E-state index in [9.17, 15) is 13.6 Å². The first-order valence-corrected chi connectivity index (χ1v) is 12.5. The normalized spacial score (nSPS) is 17.8. The van der Waals surface area contributed by atoms with Gasteiger partial charge in [-0.2, -0.15) is 0 Å². The zero-order valence-electron chi connectivity index (χ0n) is 21.9. The van der Waals surface area contributed by atoms with Crippen molar-refractivity contribution in [1.29, 1.82) is 0 Å². The quantitative estimate of drug-likeness (QED) is 0.393. The monoisotopic (exact) mass is 521 g/mol. The van der Waals surface area contributed by atoms with Gasteiger partial charge in [0.1, 0.15) is 22.9 Å². The van der Waals surface area contributed by atoms with Crippen LogP contribution in [0.15, 0.2) is 36.7 Å². The number of nitrogens with zero attached hydrogens (tertiary/aromatic N) is 6. The molecule has 1 aliphatic heterocycles. The number of aryl methyl sites for hydroxylation is 1. The predicted octanol–water partition coefficient (Wildman–Crippen LogP) is 5.05. The molecule has 1 aliphatic rings. The Balaban J connectivity index is 1.39. The van der Waals surface area contributed by atoms with Gasteiger partial charge in [0.05, 0.1) is 29.5 Å². The first-order chi connectivity index (χ1) is 18.1. The van der Waals surface area contributed by atoms with Crippen LogP contribution in [-0.2, 0) is 4.74 Å². The molecule has 1 amide bonds. The van der Waals surface area contributed by atoms with E-state index in [1.165, 1.54) is 12.3 Å². The highest BCUT2D eigenvalue weighted by molar-refractivity contribution is 5.94. The van der Waals surface area contributed by atoms with Crippen molar-refractivity contribution < 1.29 is 18.3 Å². The van der Waals surface area contributed by atoms with Crippen molar-refractivity contribution in [2.45, 2.75) is 52.9 Å². The fourth-order valence-corrected chi connectivity index (χ4v) is 4.92. The lowest BCUT2D eigenvalue weighted by atomic mass is 10.1. The number of carbonyl (C=O) groups is 1. The van der Waals surface area contributed by atoms with E-state index in [0.29, 0.717) is 35.8 Å². The number of anilines is 2. The van der Waals surface area contributed by atoms with Crippen LogP contribution in [-0.4, -0.2) is 60.6 Å². The lowest BCUT2D eigenvalue weighted by molar-refractivity contribution is -0.0586. The number of aromatic nitrogens is 5. The average Bonchev–Trinajstić information content (AvgIpc) is 3.21. The molecule has 0 bridgehead atoms. The molecule has 1 fully saturated rings. The van der Waals surface area contributed by atoms with Crippen molar-refractivity contribution in [2.24, 2.45) is 0 Å². The van der Waals surface area contributed by atoms with Gasteiger partial charge < -0.3 is 19.5 Å². The Bertz CT molecular complexity index is 1490. The van der Waals surface area contributed by atoms with E-state index in [0.717, 1.165) is 6.20 Å². The van der Waals surface area contributed by atoms with Gasteiger partial charge in [-0.05, 0) is 58.9 Å². The van der Waals surface area contributed by atoms with Crippen LogP contribution in [0.5, 0.6) is 0 Å². The largest absolute Gasteiger partial charge is 0.372 e. The van der Waals surface area contributed by atoms with Gasteiger partial charge in [0.15, 0.2) is 11.6 Å². The summed E-state index contributed by atoms with van der Waals surface area (Å²) >= 11 is 0. The summed E-state index contributed by atoms with van der Waals surface area (Å²) in [6, 6.07) is 6.23. The molecule has 4 aromatic rings. The molecule has 1 N–H and O–H groups in total. The zero-order chi connectivity index (χ0) is 27.1. The van der Waals surface area contributed by atoms with E-state index in [1.807, 2.05) is 32.3 Å². The van der Waals surface area contributed by atoms with Crippen molar-refractivity contribution in [2.75, 3.05) is 18.4 Å². The smallest absolute Gasteiger partial charge is 0.255 e. The predicted molar refractivity (Wildman–Crippen MR) is 139 cm³/mol. The van der Waals surface area contributed by atoms with Gasteiger partial charge in [0.2, 0.25) is 5.95 Å². The van der Waals surface area contributed by atoms with Crippen molar-refractivity contribution >= 4 is 28.7 Å². The van der Waals surface area contributed by atoms with Crippen LogP contribution in [0.25, 0.3) is 22.3 Å². The molecule has 1 aromatic carbocycles. The van der Waals surface area contributed by atoms with E-state index >= 15 is 0 Å². The second kappa shape index (κ2) is 10.1. The van der Waals surface area contributed by atoms with Crippen LogP contribution in [0.4, 0.5) is 20.5 Å². The molecule has 0 radical (unpaired) electrons. The Morgan fingerprint density at radius 1 is 1.05 bits per heavy atom. The molecular weight excluding hydrogens is 492 g/mol. The summed E-state index contributed by atoms with van der Waals surface area (Å²) in [7, 11) is 0. The molecule has 5 rings (SSSR count). The summed E-state index contributed by atoms with van der Waals surface area (Å²) in [6.07, 6.45) is 2.42. The zero-order valence-corrected chi connectivity index (χ0v) is 21.9. The number of amides is 1. The van der Waals surface area contributed by atoms with E-state index in [2.05, 4.69) is 25.3 Å². The first kappa shape index (κ1) is 25.7. The van der Waals surface area contributed by atoms with Crippen LogP contribution in [0, 0.1) is 18.6 Å². The number of hydrogen-bond acceptors (Lipinski definition) is 7. The SMILES string of the molecule is Cc1nc2c(F)cc(-c3nc(Nc4ccc(C(=O)N5CC(C)OC(C)C5)cn4)ncc3F)cc2n1C(C)C. The maximum Gasteiger partial charge on any atom is 0.255 e. The lowest BCUT2D eigenvalue weighted by Crippen LogP contribution is -2.48. The highest BCUT2D eigenvalue weighted by Gasteiger charge is 2.27. The van der Waals surface area contributed by atoms with E-state index < -0.39 is 11.6 Å². The van der Waals surface area contributed by atoms with E-state index in [1.54, 1.807) is 30.0 Å². The third kappa shape index (κ3) is 4.93. The Labute approximate surface area is 218 Å².